The summed E-state index contributed by atoms with van der Waals surface area (Å²) in [5, 5.41) is 9.61. The summed E-state index contributed by atoms with van der Waals surface area (Å²) in [6.07, 6.45) is 1.58. The van der Waals surface area contributed by atoms with Gasteiger partial charge in [-0.1, -0.05) is 48.0 Å². The van der Waals surface area contributed by atoms with Crippen LogP contribution in [0, 0.1) is 6.92 Å². The average Bonchev–Trinajstić information content (AvgIpc) is 3.03. The van der Waals surface area contributed by atoms with E-state index in [9.17, 15) is 4.79 Å². The van der Waals surface area contributed by atoms with Crippen LogP contribution >= 0.6 is 0 Å². The smallest absolute Gasteiger partial charge is 0.267 e. The fourth-order valence-electron chi connectivity index (χ4n) is 2.70. The molecule has 0 saturated carbocycles. The van der Waals surface area contributed by atoms with Crippen LogP contribution in [0.2, 0.25) is 0 Å². The van der Waals surface area contributed by atoms with Crippen molar-refractivity contribution in [2.75, 3.05) is 0 Å². The summed E-state index contributed by atoms with van der Waals surface area (Å²) in [5.41, 5.74) is 2.92. The Morgan fingerprint density at radius 3 is 2.50 bits per heavy atom. The Morgan fingerprint density at radius 1 is 1.00 bits per heavy atom. The molecule has 0 spiro atoms. The van der Waals surface area contributed by atoms with Crippen LogP contribution in [0.15, 0.2) is 59.7 Å². The molecule has 0 aliphatic rings. The largest absolute Gasteiger partial charge is 0.273 e. The molecule has 0 aliphatic carbocycles. The van der Waals surface area contributed by atoms with Gasteiger partial charge >= 0.3 is 0 Å². The second-order valence-corrected chi connectivity index (χ2v) is 5.39. The van der Waals surface area contributed by atoms with Crippen LogP contribution in [-0.2, 0) is 6.54 Å². The Kier molecular flexibility index (Phi) is 2.79. The van der Waals surface area contributed by atoms with Gasteiger partial charge in [-0.3, -0.25) is 4.79 Å². The van der Waals surface area contributed by atoms with Crippen LogP contribution in [0.1, 0.15) is 11.1 Å². The first-order valence-electron chi connectivity index (χ1n) is 7.11. The Labute approximate surface area is 126 Å². The topological polar surface area (TPSA) is 52.2 Å². The summed E-state index contributed by atoms with van der Waals surface area (Å²) in [4.78, 5) is 12.8. The number of hydrogen-bond donors (Lipinski definition) is 0. The molecule has 0 atom stereocenters. The molecule has 0 aliphatic heterocycles. The van der Waals surface area contributed by atoms with Crippen LogP contribution in [0.5, 0.6) is 0 Å². The van der Waals surface area contributed by atoms with E-state index in [1.165, 1.54) is 5.56 Å². The standard InChI is InChI=1S/C17H14N4O/c1-12-6-8-13(9-7-12)10-20-17(22)15-5-3-2-4-14(15)16-19-18-11-21(16)20/h2-9,11H,10H2,1H3. The minimum Gasteiger partial charge on any atom is -0.267 e. The van der Waals surface area contributed by atoms with Crippen molar-refractivity contribution >= 4 is 16.4 Å². The Balaban J connectivity index is 1.99. The van der Waals surface area contributed by atoms with E-state index in [1.807, 2.05) is 55.5 Å². The zero-order valence-corrected chi connectivity index (χ0v) is 12.1. The van der Waals surface area contributed by atoms with Gasteiger partial charge in [0.05, 0.1) is 11.9 Å². The van der Waals surface area contributed by atoms with E-state index in [2.05, 4.69) is 10.2 Å². The lowest BCUT2D eigenvalue weighted by Crippen LogP contribution is -2.26. The highest BCUT2D eigenvalue weighted by Crippen LogP contribution is 2.15. The fourth-order valence-corrected chi connectivity index (χ4v) is 2.70. The molecule has 5 nitrogen and oxygen atoms in total. The Hall–Kier alpha value is -2.95. The van der Waals surface area contributed by atoms with Gasteiger partial charge in [0.2, 0.25) is 0 Å². The minimum absolute atomic E-state index is 0.0384. The van der Waals surface area contributed by atoms with Crippen LogP contribution in [0.4, 0.5) is 0 Å². The molecule has 0 unspecified atom stereocenters. The molecule has 2 aromatic heterocycles. The number of hydrogen-bond acceptors (Lipinski definition) is 3. The van der Waals surface area contributed by atoms with E-state index in [1.54, 1.807) is 15.5 Å². The van der Waals surface area contributed by atoms with Crippen molar-refractivity contribution in [1.82, 2.24) is 19.4 Å². The van der Waals surface area contributed by atoms with Gasteiger partial charge in [0, 0.05) is 5.39 Å². The molecule has 0 amide bonds. The SMILES string of the molecule is Cc1ccc(Cn2c(=O)c3ccccc3c3nncn32)cc1. The summed E-state index contributed by atoms with van der Waals surface area (Å²) in [6.45, 7) is 2.53. The molecule has 4 rings (SSSR count). The van der Waals surface area contributed by atoms with Crippen molar-refractivity contribution in [1.29, 1.82) is 0 Å². The van der Waals surface area contributed by atoms with Crippen molar-refractivity contribution in [2.24, 2.45) is 0 Å². The van der Waals surface area contributed by atoms with Gasteiger partial charge in [-0.2, -0.15) is 0 Å². The van der Waals surface area contributed by atoms with Crippen LogP contribution in [0.3, 0.4) is 0 Å². The first kappa shape index (κ1) is 12.8. The van der Waals surface area contributed by atoms with E-state index in [0.29, 0.717) is 17.6 Å². The van der Waals surface area contributed by atoms with Crippen LogP contribution < -0.4 is 5.56 Å². The van der Waals surface area contributed by atoms with Gasteiger partial charge in [-0.05, 0) is 18.6 Å². The maximum absolute atomic E-state index is 12.8. The van der Waals surface area contributed by atoms with Crippen molar-refractivity contribution < 1.29 is 0 Å². The van der Waals surface area contributed by atoms with Crippen molar-refractivity contribution in [3.05, 3.63) is 76.3 Å². The molecular weight excluding hydrogens is 276 g/mol. The first-order valence-corrected chi connectivity index (χ1v) is 7.11. The second kappa shape index (κ2) is 4.80. The maximum Gasteiger partial charge on any atom is 0.273 e. The predicted octanol–water partition coefficient (Wildman–Crippen LogP) is 2.40. The highest BCUT2D eigenvalue weighted by atomic mass is 16.1. The number of benzene rings is 2. The van der Waals surface area contributed by atoms with Gasteiger partial charge in [0.15, 0.2) is 5.65 Å². The summed E-state index contributed by atoms with van der Waals surface area (Å²) in [5.74, 6) is 0. The lowest BCUT2D eigenvalue weighted by atomic mass is 10.1. The van der Waals surface area contributed by atoms with Gasteiger partial charge in [0.1, 0.15) is 6.33 Å². The van der Waals surface area contributed by atoms with E-state index in [-0.39, 0.29) is 5.56 Å². The Morgan fingerprint density at radius 2 is 1.73 bits per heavy atom. The number of nitrogens with zero attached hydrogens (tertiary/aromatic N) is 4. The predicted molar refractivity (Wildman–Crippen MR) is 85.0 cm³/mol. The van der Waals surface area contributed by atoms with E-state index < -0.39 is 0 Å². The summed E-state index contributed by atoms with van der Waals surface area (Å²) < 4.78 is 3.40. The minimum atomic E-state index is -0.0384. The molecule has 0 N–H and O–H groups in total. The number of fused-ring (bicyclic) bond motifs is 3. The lowest BCUT2D eigenvalue weighted by Gasteiger charge is -2.11. The highest BCUT2D eigenvalue weighted by molar-refractivity contribution is 5.92. The molecule has 0 saturated heterocycles. The molecule has 0 bridgehead atoms. The molecule has 0 fully saturated rings. The quantitative estimate of drug-likeness (QED) is 0.569. The molecule has 2 heterocycles. The van der Waals surface area contributed by atoms with Gasteiger partial charge in [-0.15, -0.1) is 10.2 Å². The van der Waals surface area contributed by atoms with Crippen molar-refractivity contribution in [3.8, 4) is 0 Å². The van der Waals surface area contributed by atoms with E-state index >= 15 is 0 Å². The lowest BCUT2D eigenvalue weighted by molar-refractivity contribution is 0.605. The van der Waals surface area contributed by atoms with Crippen molar-refractivity contribution in [3.63, 3.8) is 0 Å². The molecule has 4 aromatic rings. The summed E-state index contributed by atoms with van der Waals surface area (Å²) in [7, 11) is 0. The van der Waals surface area contributed by atoms with E-state index in [0.717, 1.165) is 10.9 Å². The third-order valence-electron chi connectivity index (χ3n) is 3.88. The molecule has 22 heavy (non-hydrogen) atoms. The Bertz CT molecular complexity index is 1030. The molecule has 2 aromatic carbocycles. The third-order valence-corrected chi connectivity index (χ3v) is 3.88. The summed E-state index contributed by atoms with van der Waals surface area (Å²) >= 11 is 0. The van der Waals surface area contributed by atoms with Gasteiger partial charge < -0.3 is 0 Å². The third kappa shape index (κ3) is 1.90. The van der Waals surface area contributed by atoms with Crippen LogP contribution in [-0.4, -0.2) is 19.4 Å². The second-order valence-electron chi connectivity index (χ2n) is 5.39. The highest BCUT2D eigenvalue weighted by Gasteiger charge is 2.11. The van der Waals surface area contributed by atoms with Crippen molar-refractivity contribution in [2.45, 2.75) is 13.5 Å². The average molecular weight is 290 g/mol. The zero-order valence-electron chi connectivity index (χ0n) is 12.1. The van der Waals surface area contributed by atoms with Crippen LogP contribution in [0.25, 0.3) is 16.4 Å². The molecule has 5 heteroatoms. The van der Waals surface area contributed by atoms with E-state index in [4.69, 9.17) is 0 Å². The summed E-state index contributed by atoms with van der Waals surface area (Å²) in [6, 6.07) is 15.7. The molecular formula is C17H14N4O. The monoisotopic (exact) mass is 290 g/mol. The van der Waals surface area contributed by atoms with Gasteiger partial charge in [0.25, 0.3) is 5.56 Å². The number of aromatic nitrogens is 4. The number of rotatable bonds is 2. The first-order chi connectivity index (χ1) is 10.7. The normalized spacial score (nSPS) is 11.3. The zero-order chi connectivity index (χ0) is 15.1. The van der Waals surface area contributed by atoms with Gasteiger partial charge in [-0.25, -0.2) is 9.20 Å². The fraction of sp³-hybridized carbons (Fsp3) is 0.118. The molecule has 108 valence electrons. The maximum atomic E-state index is 12.8. The molecule has 0 radical (unpaired) electrons. The number of aryl methyl sites for hydroxylation is 1.